The van der Waals surface area contributed by atoms with Crippen molar-refractivity contribution in [1.82, 2.24) is 4.98 Å². The molecule has 2 rings (SSSR count). The Morgan fingerprint density at radius 1 is 1.23 bits per heavy atom. The Hall–Kier alpha value is -1.31. The standard InChI is InChI=1S/C11H14N2/c1-10-5-8-13(9-6-10)11-4-2-3-7-12-11/h2-4,7H,1,5-6,8-9H2. The van der Waals surface area contributed by atoms with Crippen LogP contribution in [0.5, 0.6) is 0 Å². The van der Waals surface area contributed by atoms with Gasteiger partial charge in [0.05, 0.1) is 0 Å². The predicted octanol–water partition coefficient (Wildman–Crippen LogP) is 2.24. The van der Waals surface area contributed by atoms with E-state index < -0.39 is 0 Å². The van der Waals surface area contributed by atoms with Crippen LogP contribution in [0.25, 0.3) is 0 Å². The van der Waals surface area contributed by atoms with Crippen LogP contribution in [-0.4, -0.2) is 18.1 Å². The average molecular weight is 174 g/mol. The molecule has 0 amide bonds. The minimum atomic E-state index is 1.07. The number of pyridine rings is 1. The summed E-state index contributed by atoms with van der Waals surface area (Å²) in [6.45, 7) is 6.13. The summed E-state index contributed by atoms with van der Waals surface area (Å²) in [5.74, 6) is 1.09. The quantitative estimate of drug-likeness (QED) is 0.607. The number of aromatic nitrogens is 1. The van der Waals surface area contributed by atoms with Crippen molar-refractivity contribution in [1.29, 1.82) is 0 Å². The largest absolute Gasteiger partial charge is 0.356 e. The van der Waals surface area contributed by atoms with Crippen molar-refractivity contribution < 1.29 is 0 Å². The highest BCUT2D eigenvalue weighted by molar-refractivity contribution is 5.39. The van der Waals surface area contributed by atoms with Gasteiger partial charge >= 0.3 is 0 Å². The van der Waals surface area contributed by atoms with Gasteiger partial charge in [-0.15, -0.1) is 0 Å². The molecule has 0 N–H and O–H groups in total. The normalized spacial score (nSPS) is 17.5. The van der Waals surface area contributed by atoms with Crippen LogP contribution in [0.3, 0.4) is 0 Å². The number of rotatable bonds is 1. The Bertz CT molecular complexity index is 282. The minimum Gasteiger partial charge on any atom is -0.356 e. The lowest BCUT2D eigenvalue weighted by Gasteiger charge is -2.28. The van der Waals surface area contributed by atoms with E-state index in [2.05, 4.69) is 22.5 Å². The highest BCUT2D eigenvalue weighted by atomic mass is 15.2. The molecular formula is C11H14N2. The van der Waals surface area contributed by atoms with Gasteiger partial charge in [0.25, 0.3) is 0 Å². The molecule has 0 atom stereocenters. The second-order valence-corrected chi connectivity index (χ2v) is 3.42. The van der Waals surface area contributed by atoms with Crippen molar-refractivity contribution in [2.24, 2.45) is 0 Å². The lowest BCUT2D eigenvalue weighted by Crippen LogP contribution is -2.30. The number of hydrogen-bond acceptors (Lipinski definition) is 2. The molecule has 0 unspecified atom stereocenters. The molecule has 0 aliphatic carbocycles. The van der Waals surface area contributed by atoms with Crippen LogP contribution in [0.2, 0.25) is 0 Å². The number of piperidine rings is 1. The first-order valence-corrected chi connectivity index (χ1v) is 4.69. The van der Waals surface area contributed by atoms with Gasteiger partial charge in [0.2, 0.25) is 0 Å². The van der Waals surface area contributed by atoms with Crippen LogP contribution in [0.4, 0.5) is 5.82 Å². The van der Waals surface area contributed by atoms with Crippen molar-refractivity contribution in [3.05, 3.63) is 36.5 Å². The topological polar surface area (TPSA) is 16.1 Å². The Morgan fingerprint density at radius 3 is 2.62 bits per heavy atom. The molecule has 1 aliphatic rings. The Kier molecular flexibility index (Phi) is 2.30. The van der Waals surface area contributed by atoms with Crippen molar-refractivity contribution >= 4 is 5.82 Å². The molecule has 2 heteroatoms. The monoisotopic (exact) mass is 174 g/mol. The molecule has 13 heavy (non-hydrogen) atoms. The van der Waals surface area contributed by atoms with Gasteiger partial charge in [-0.3, -0.25) is 0 Å². The maximum absolute atomic E-state index is 4.32. The average Bonchev–Trinajstić information content (AvgIpc) is 2.20. The molecule has 2 heterocycles. The summed E-state index contributed by atoms with van der Waals surface area (Å²) < 4.78 is 0. The smallest absolute Gasteiger partial charge is 0.128 e. The predicted molar refractivity (Wildman–Crippen MR) is 54.8 cm³/mol. The van der Waals surface area contributed by atoms with Crippen molar-refractivity contribution in [2.45, 2.75) is 12.8 Å². The SMILES string of the molecule is C=C1CCN(c2ccccn2)CC1. The summed E-state index contributed by atoms with van der Waals surface area (Å²) in [6, 6.07) is 6.05. The summed E-state index contributed by atoms with van der Waals surface area (Å²) in [4.78, 5) is 6.64. The van der Waals surface area contributed by atoms with E-state index in [0.717, 1.165) is 31.7 Å². The zero-order valence-corrected chi connectivity index (χ0v) is 7.74. The van der Waals surface area contributed by atoms with E-state index in [-0.39, 0.29) is 0 Å². The van der Waals surface area contributed by atoms with Crippen molar-refractivity contribution in [3.63, 3.8) is 0 Å². The van der Waals surface area contributed by atoms with E-state index in [1.54, 1.807) is 0 Å². The molecule has 0 aromatic carbocycles. The van der Waals surface area contributed by atoms with Crippen LogP contribution in [0.15, 0.2) is 36.5 Å². The van der Waals surface area contributed by atoms with Gasteiger partial charge in [-0.25, -0.2) is 4.98 Å². The molecule has 1 saturated heterocycles. The molecular weight excluding hydrogens is 160 g/mol. The molecule has 68 valence electrons. The summed E-state index contributed by atoms with van der Waals surface area (Å²) >= 11 is 0. The fourth-order valence-electron chi connectivity index (χ4n) is 1.59. The lowest BCUT2D eigenvalue weighted by molar-refractivity contribution is 0.679. The van der Waals surface area contributed by atoms with Gasteiger partial charge in [-0.05, 0) is 25.0 Å². The number of anilines is 1. The fourth-order valence-corrected chi connectivity index (χ4v) is 1.59. The lowest BCUT2D eigenvalue weighted by atomic mass is 10.1. The maximum Gasteiger partial charge on any atom is 0.128 e. The van der Waals surface area contributed by atoms with E-state index in [1.165, 1.54) is 5.57 Å². The van der Waals surface area contributed by atoms with E-state index in [9.17, 15) is 0 Å². The maximum atomic E-state index is 4.32. The number of hydrogen-bond donors (Lipinski definition) is 0. The summed E-state index contributed by atoms with van der Waals surface area (Å²) in [6.07, 6.45) is 4.06. The Balaban J connectivity index is 2.07. The molecule has 0 saturated carbocycles. The van der Waals surface area contributed by atoms with Crippen molar-refractivity contribution in [3.8, 4) is 0 Å². The van der Waals surface area contributed by atoms with Crippen LogP contribution in [0.1, 0.15) is 12.8 Å². The molecule has 1 aromatic rings. The second-order valence-electron chi connectivity index (χ2n) is 3.42. The summed E-state index contributed by atoms with van der Waals surface area (Å²) in [5, 5.41) is 0. The third kappa shape index (κ3) is 1.89. The van der Waals surface area contributed by atoms with E-state index >= 15 is 0 Å². The van der Waals surface area contributed by atoms with Crippen molar-refractivity contribution in [2.75, 3.05) is 18.0 Å². The third-order valence-electron chi connectivity index (χ3n) is 2.44. The molecule has 2 nitrogen and oxygen atoms in total. The van der Waals surface area contributed by atoms with Gasteiger partial charge in [0.15, 0.2) is 0 Å². The summed E-state index contributed by atoms with van der Waals surface area (Å²) in [7, 11) is 0. The molecule has 1 aliphatic heterocycles. The van der Waals surface area contributed by atoms with Gasteiger partial charge < -0.3 is 4.90 Å². The van der Waals surface area contributed by atoms with Crippen LogP contribution < -0.4 is 4.90 Å². The van der Waals surface area contributed by atoms with E-state index in [0.29, 0.717) is 0 Å². The van der Waals surface area contributed by atoms with E-state index in [1.807, 2.05) is 18.3 Å². The first-order chi connectivity index (χ1) is 6.36. The van der Waals surface area contributed by atoms with Crippen LogP contribution >= 0.6 is 0 Å². The Labute approximate surface area is 78.9 Å². The highest BCUT2D eigenvalue weighted by Crippen LogP contribution is 2.18. The zero-order valence-electron chi connectivity index (χ0n) is 7.74. The number of nitrogens with zero attached hydrogens (tertiary/aromatic N) is 2. The van der Waals surface area contributed by atoms with Gasteiger partial charge in [-0.2, -0.15) is 0 Å². The first kappa shape index (κ1) is 8.30. The minimum absolute atomic E-state index is 1.07. The molecule has 1 fully saturated rings. The van der Waals surface area contributed by atoms with E-state index in [4.69, 9.17) is 0 Å². The molecule has 0 spiro atoms. The third-order valence-corrected chi connectivity index (χ3v) is 2.44. The van der Waals surface area contributed by atoms with Crippen LogP contribution in [0, 0.1) is 0 Å². The van der Waals surface area contributed by atoms with Crippen LogP contribution in [-0.2, 0) is 0 Å². The van der Waals surface area contributed by atoms with Gasteiger partial charge in [0.1, 0.15) is 5.82 Å². The molecule has 0 radical (unpaired) electrons. The molecule has 1 aromatic heterocycles. The summed E-state index contributed by atoms with van der Waals surface area (Å²) in [5.41, 5.74) is 1.37. The second kappa shape index (κ2) is 3.60. The van der Waals surface area contributed by atoms with Gasteiger partial charge in [0, 0.05) is 19.3 Å². The molecule has 0 bridgehead atoms. The van der Waals surface area contributed by atoms with Gasteiger partial charge in [-0.1, -0.05) is 18.2 Å². The zero-order chi connectivity index (χ0) is 9.10. The highest BCUT2D eigenvalue weighted by Gasteiger charge is 2.12. The fraction of sp³-hybridized carbons (Fsp3) is 0.364. The first-order valence-electron chi connectivity index (χ1n) is 4.69. The Morgan fingerprint density at radius 2 is 2.00 bits per heavy atom.